The number of hydrogen-bond acceptors (Lipinski definition) is 0. The summed E-state index contributed by atoms with van der Waals surface area (Å²) in [6.07, 6.45) is 2.30. The van der Waals surface area contributed by atoms with Crippen LogP contribution in [0.25, 0.3) is 16.8 Å². The first kappa shape index (κ1) is 11.5. The summed E-state index contributed by atoms with van der Waals surface area (Å²) < 4.78 is 0. The zero-order chi connectivity index (χ0) is 13.5. The lowest BCUT2D eigenvalue weighted by Gasteiger charge is -2.17. The van der Waals surface area contributed by atoms with Gasteiger partial charge in [-0.1, -0.05) is 72.3 Å². The largest absolute Gasteiger partial charge is 0.0619 e. The van der Waals surface area contributed by atoms with Gasteiger partial charge >= 0.3 is 0 Å². The molecular weight excluding hydrogens is 240 g/mol. The van der Waals surface area contributed by atoms with Gasteiger partial charge in [0.15, 0.2) is 0 Å². The van der Waals surface area contributed by atoms with E-state index in [1.165, 1.54) is 33.0 Å². The van der Waals surface area contributed by atoms with Crippen LogP contribution < -0.4 is 0 Å². The van der Waals surface area contributed by atoms with Gasteiger partial charge in [-0.2, -0.15) is 0 Å². The van der Waals surface area contributed by atoms with Crippen molar-refractivity contribution in [1.82, 2.24) is 0 Å². The molecular formula is C20H15. The highest BCUT2D eigenvalue weighted by atomic mass is 14.3. The third kappa shape index (κ3) is 1.61. The molecule has 1 aliphatic rings. The molecule has 20 heavy (non-hydrogen) atoms. The van der Waals surface area contributed by atoms with Gasteiger partial charge in [-0.3, -0.25) is 0 Å². The summed E-state index contributed by atoms with van der Waals surface area (Å²) in [6.45, 7) is 2.22. The number of allylic oxidation sites excluding steroid dienone is 1. The monoisotopic (exact) mass is 255 g/mol. The van der Waals surface area contributed by atoms with Crippen molar-refractivity contribution in [3.63, 3.8) is 0 Å². The minimum atomic E-state index is 0.345. The Morgan fingerprint density at radius 2 is 1.70 bits per heavy atom. The SMILES string of the molecule is CC1=Cc2ccccc2C1c1[c]ccc2ccccc12. The van der Waals surface area contributed by atoms with Crippen LogP contribution in [-0.2, 0) is 0 Å². The third-order valence-electron chi connectivity index (χ3n) is 4.19. The topological polar surface area (TPSA) is 0 Å². The van der Waals surface area contributed by atoms with E-state index in [4.69, 9.17) is 0 Å². The van der Waals surface area contributed by atoms with E-state index in [1.54, 1.807) is 0 Å². The number of hydrogen-bond donors (Lipinski definition) is 0. The Morgan fingerprint density at radius 3 is 2.65 bits per heavy atom. The lowest BCUT2D eigenvalue weighted by atomic mass is 9.86. The maximum absolute atomic E-state index is 3.48. The second-order valence-corrected chi connectivity index (χ2v) is 5.43. The Kier molecular flexibility index (Phi) is 2.50. The van der Waals surface area contributed by atoms with Crippen molar-refractivity contribution in [2.75, 3.05) is 0 Å². The summed E-state index contributed by atoms with van der Waals surface area (Å²) in [5.41, 5.74) is 5.44. The average Bonchev–Trinajstić information content (AvgIpc) is 2.82. The van der Waals surface area contributed by atoms with Crippen molar-refractivity contribution in [3.05, 3.63) is 89.0 Å². The van der Waals surface area contributed by atoms with Crippen LogP contribution in [0.4, 0.5) is 0 Å². The molecule has 0 bridgehead atoms. The van der Waals surface area contributed by atoms with Crippen LogP contribution in [-0.4, -0.2) is 0 Å². The van der Waals surface area contributed by atoms with Gasteiger partial charge in [0.1, 0.15) is 0 Å². The smallest absolute Gasteiger partial charge is 0.0317 e. The second kappa shape index (κ2) is 4.35. The summed E-state index contributed by atoms with van der Waals surface area (Å²) in [5.74, 6) is 0.345. The van der Waals surface area contributed by atoms with Gasteiger partial charge in [0.05, 0.1) is 0 Å². The first-order valence-corrected chi connectivity index (χ1v) is 7.01. The molecule has 0 saturated carbocycles. The zero-order valence-corrected chi connectivity index (χ0v) is 11.4. The van der Waals surface area contributed by atoms with Gasteiger partial charge in [-0.15, -0.1) is 0 Å². The normalized spacial score (nSPS) is 17.1. The highest BCUT2D eigenvalue weighted by Crippen LogP contribution is 2.42. The molecule has 0 spiro atoms. The fourth-order valence-electron chi connectivity index (χ4n) is 3.29. The van der Waals surface area contributed by atoms with Crippen LogP contribution in [0.5, 0.6) is 0 Å². The van der Waals surface area contributed by atoms with Crippen molar-refractivity contribution in [3.8, 4) is 0 Å². The standard InChI is InChI=1S/C20H15/c1-14-13-16-8-3-5-11-18(16)20(14)19-12-6-9-15-7-2-4-10-17(15)19/h2-11,13,20H,1H3. The quantitative estimate of drug-likeness (QED) is 0.561. The molecule has 95 valence electrons. The van der Waals surface area contributed by atoms with Crippen LogP contribution in [0.1, 0.15) is 29.5 Å². The highest BCUT2D eigenvalue weighted by Gasteiger charge is 2.25. The molecule has 0 nitrogen and oxygen atoms in total. The highest BCUT2D eigenvalue weighted by molar-refractivity contribution is 5.88. The van der Waals surface area contributed by atoms with Crippen LogP contribution in [0.3, 0.4) is 0 Å². The Hall–Kier alpha value is -2.34. The van der Waals surface area contributed by atoms with E-state index >= 15 is 0 Å². The fraction of sp³-hybridized carbons (Fsp3) is 0.100. The predicted octanol–water partition coefficient (Wildman–Crippen LogP) is 5.19. The predicted molar refractivity (Wildman–Crippen MR) is 84.7 cm³/mol. The molecule has 1 aliphatic carbocycles. The van der Waals surface area contributed by atoms with Crippen molar-refractivity contribution in [2.24, 2.45) is 0 Å². The lowest BCUT2D eigenvalue weighted by Crippen LogP contribution is -2.00. The van der Waals surface area contributed by atoms with Crippen molar-refractivity contribution in [2.45, 2.75) is 12.8 Å². The maximum atomic E-state index is 3.48. The molecule has 1 atom stereocenters. The van der Waals surface area contributed by atoms with Crippen LogP contribution >= 0.6 is 0 Å². The molecule has 0 heteroatoms. The van der Waals surface area contributed by atoms with Crippen molar-refractivity contribution >= 4 is 16.8 Å². The average molecular weight is 255 g/mol. The Bertz CT molecular complexity index is 819. The number of fused-ring (bicyclic) bond motifs is 2. The molecule has 0 aliphatic heterocycles. The van der Waals surface area contributed by atoms with Gasteiger partial charge in [0, 0.05) is 5.92 Å². The van der Waals surface area contributed by atoms with Gasteiger partial charge in [-0.05, 0) is 40.5 Å². The molecule has 3 aromatic rings. The summed E-state index contributed by atoms with van der Waals surface area (Å²) in [4.78, 5) is 0. The van der Waals surface area contributed by atoms with Crippen molar-refractivity contribution < 1.29 is 0 Å². The first-order chi connectivity index (χ1) is 9.84. The van der Waals surface area contributed by atoms with Gasteiger partial charge in [0.25, 0.3) is 0 Å². The van der Waals surface area contributed by atoms with E-state index in [9.17, 15) is 0 Å². The molecule has 0 amide bonds. The number of rotatable bonds is 1. The van der Waals surface area contributed by atoms with Gasteiger partial charge < -0.3 is 0 Å². The van der Waals surface area contributed by atoms with Gasteiger partial charge in [-0.25, -0.2) is 0 Å². The van der Waals surface area contributed by atoms with E-state index in [0.29, 0.717) is 5.92 Å². The molecule has 3 aromatic carbocycles. The number of benzene rings is 3. The van der Waals surface area contributed by atoms with Crippen LogP contribution in [0, 0.1) is 6.07 Å². The zero-order valence-electron chi connectivity index (χ0n) is 11.4. The van der Waals surface area contributed by atoms with Gasteiger partial charge in [0.2, 0.25) is 0 Å². The molecule has 0 fully saturated rings. The van der Waals surface area contributed by atoms with E-state index in [-0.39, 0.29) is 0 Å². The third-order valence-corrected chi connectivity index (χ3v) is 4.19. The summed E-state index contributed by atoms with van der Waals surface area (Å²) >= 11 is 0. The van der Waals surface area contributed by atoms with E-state index in [1.807, 2.05) is 6.07 Å². The summed E-state index contributed by atoms with van der Waals surface area (Å²) in [5, 5.41) is 2.60. The Morgan fingerprint density at radius 1 is 0.900 bits per heavy atom. The fourth-order valence-corrected chi connectivity index (χ4v) is 3.29. The van der Waals surface area contributed by atoms with E-state index < -0.39 is 0 Å². The molecule has 0 N–H and O–H groups in total. The van der Waals surface area contributed by atoms with Crippen molar-refractivity contribution in [1.29, 1.82) is 0 Å². The van der Waals surface area contributed by atoms with Crippen LogP contribution in [0.2, 0.25) is 0 Å². The van der Waals surface area contributed by atoms with E-state index in [0.717, 1.165) is 0 Å². The maximum Gasteiger partial charge on any atom is 0.0317 e. The second-order valence-electron chi connectivity index (χ2n) is 5.43. The molecule has 0 heterocycles. The van der Waals surface area contributed by atoms with E-state index in [2.05, 4.69) is 73.7 Å². The molecule has 0 saturated heterocycles. The minimum Gasteiger partial charge on any atom is -0.0619 e. The lowest BCUT2D eigenvalue weighted by molar-refractivity contribution is 0.986. The molecule has 1 radical (unpaired) electrons. The first-order valence-electron chi connectivity index (χ1n) is 7.01. The Labute approximate surface area is 119 Å². The molecule has 4 rings (SSSR count). The summed E-state index contributed by atoms with van der Waals surface area (Å²) in [7, 11) is 0. The summed E-state index contributed by atoms with van der Waals surface area (Å²) in [6, 6.07) is 24.9. The minimum absolute atomic E-state index is 0.345. The molecule has 1 unspecified atom stereocenters. The Balaban J connectivity index is 1.99. The van der Waals surface area contributed by atoms with Crippen LogP contribution in [0.15, 0.2) is 66.2 Å². The molecule has 0 aromatic heterocycles.